The lowest BCUT2D eigenvalue weighted by atomic mass is 10.2. The highest BCUT2D eigenvalue weighted by Gasteiger charge is 2.15. The lowest BCUT2D eigenvalue weighted by molar-refractivity contribution is -0.116. The number of sulfonamides is 1. The molecule has 6 nitrogen and oxygen atoms in total. The molecular formula is C14H21ClN2O4S. The molecule has 1 amide bonds. The number of aryl methyl sites for hydroxylation is 1. The van der Waals surface area contributed by atoms with Crippen molar-refractivity contribution in [1.82, 2.24) is 4.72 Å². The molecule has 0 heterocycles. The van der Waals surface area contributed by atoms with Gasteiger partial charge < -0.3 is 10.1 Å². The van der Waals surface area contributed by atoms with Crippen molar-refractivity contribution in [2.75, 3.05) is 24.7 Å². The van der Waals surface area contributed by atoms with E-state index < -0.39 is 16.1 Å². The number of halogens is 1. The van der Waals surface area contributed by atoms with E-state index in [2.05, 4.69) is 10.0 Å². The number of rotatable bonds is 8. The van der Waals surface area contributed by atoms with E-state index in [-0.39, 0.29) is 24.6 Å². The van der Waals surface area contributed by atoms with E-state index in [0.717, 1.165) is 5.56 Å². The van der Waals surface area contributed by atoms with Gasteiger partial charge in [-0.15, -0.1) is 0 Å². The summed E-state index contributed by atoms with van der Waals surface area (Å²) in [6, 6.07) is 5.28. The second-order valence-electron chi connectivity index (χ2n) is 5.00. The van der Waals surface area contributed by atoms with Crippen LogP contribution in [0, 0.1) is 6.92 Å². The topological polar surface area (TPSA) is 84.5 Å². The Balaban J connectivity index is 2.43. The van der Waals surface area contributed by atoms with E-state index >= 15 is 0 Å². The van der Waals surface area contributed by atoms with Gasteiger partial charge in [-0.2, -0.15) is 0 Å². The number of nitrogens with one attached hydrogen (secondary N) is 2. The van der Waals surface area contributed by atoms with Crippen LogP contribution < -0.4 is 10.0 Å². The molecule has 22 heavy (non-hydrogen) atoms. The molecule has 0 aliphatic carbocycles. The summed E-state index contributed by atoms with van der Waals surface area (Å²) in [6.45, 7) is 3.58. The molecular weight excluding hydrogens is 328 g/mol. The van der Waals surface area contributed by atoms with Crippen LogP contribution >= 0.6 is 11.6 Å². The van der Waals surface area contributed by atoms with Gasteiger partial charge in [0.1, 0.15) is 0 Å². The minimum Gasteiger partial charge on any atom is -0.381 e. The van der Waals surface area contributed by atoms with Crippen LogP contribution in [0.25, 0.3) is 0 Å². The number of methoxy groups -OCH3 is 1. The van der Waals surface area contributed by atoms with Crippen molar-refractivity contribution in [3.63, 3.8) is 0 Å². The van der Waals surface area contributed by atoms with Crippen molar-refractivity contribution < 1.29 is 17.9 Å². The normalized spacial score (nSPS) is 12.9. The molecule has 0 aliphatic rings. The molecule has 0 unspecified atom stereocenters. The highest BCUT2D eigenvalue weighted by molar-refractivity contribution is 7.89. The minimum atomic E-state index is -3.46. The summed E-state index contributed by atoms with van der Waals surface area (Å²) in [5.74, 6) is -0.456. The second kappa shape index (κ2) is 8.47. The summed E-state index contributed by atoms with van der Waals surface area (Å²) in [5, 5.41) is 3.09. The zero-order valence-corrected chi connectivity index (χ0v) is 14.4. The average molecular weight is 349 g/mol. The van der Waals surface area contributed by atoms with Gasteiger partial charge in [0.15, 0.2) is 0 Å². The van der Waals surface area contributed by atoms with Crippen molar-refractivity contribution in [3.05, 3.63) is 28.8 Å². The third-order valence-corrected chi connectivity index (χ3v) is 4.79. The number of amides is 1. The van der Waals surface area contributed by atoms with Crippen molar-refractivity contribution in [1.29, 1.82) is 0 Å². The molecule has 0 saturated heterocycles. The molecule has 0 aliphatic heterocycles. The largest absolute Gasteiger partial charge is 0.381 e. The fourth-order valence-corrected chi connectivity index (χ4v) is 3.26. The lowest BCUT2D eigenvalue weighted by Gasteiger charge is -2.11. The van der Waals surface area contributed by atoms with Crippen LogP contribution in [0.2, 0.25) is 5.02 Å². The zero-order valence-electron chi connectivity index (χ0n) is 12.8. The summed E-state index contributed by atoms with van der Waals surface area (Å²) in [5.41, 5.74) is 1.50. The number of ether oxygens (including phenoxy) is 1. The van der Waals surface area contributed by atoms with E-state index in [1.807, 2.05) is 13.0 Å². The van der Waals surface area contributed by atoms with Crippen LogP contribution in [0.15, 0.2) is 18.2 Å². The molecule has 124 valence electrons. The van der Waals surface area contributed by atoms with E-state index in [1.54, 1.807) is 19.1 Å². The van der Waals surface area contributed by atoms with Gasteiger partial charge in [0.05, 0.1) is 22.6 Å². The molecule has 0 fully saturated rings. The Morgan fingerprint density at radius 2 is 2.09 bits per heavy atom. The summed E-state index contributed by atoms with van der Waals surface area (Å²) in [4.78, 5) is 11.8. The minimum absolute atomic E-state index is 0.0186. The maximum atomic E-state index is 11.8. The van der Waals surface area contributed by atoms with Crippen LogP contribution in [0.1, 0.15) is 18.9 Å². The summed E-state index contributed by atoms with van der Waals surface area (Å²) in [7, 11) is -2.01. The quantitative estimate of drug-likeness (QED) is 0.751. The van der Waals surface area contributed by atoms with Crippen LogP contribution in [0.4, 0.5) is 5.69 Å². The number of hydrogen-bond donors (Lipinski definition) is 2. The Morgan fingerprint density at radius 3 is 2.68 bits per heavy atom. The standard InChI is InChI=1S/C14H21ClN2O4S/c1-10-4-5-13(12(15)8-10)17-14(18)6-7-16-22(19,20)9-11(2)21-3/h4-5,8,11,16H,6-7,9H2,1-3H3,(H,17,18)/t11-/m0/s1. The number of anilines is 1. The highest BCUT2D eigenvalue weighted by Crippen LogP contribution is 2.22. The van der Waals surface area contributed by atoms with Crippen LogP contribution in [-0.2, 0) is 19.6 Å². The number of hydrogen-bond acceptors (Lipinski definition) is 4. The van der Waals surface area contributed by atoms with Gasteiger partial charge >= 0.3 is 0 Å². The molecule has 1 atom stereocenters. The first kappa shape index (κ1) is 18.9. The molecule has 1 aromatic carbocycles. The smallest absolute Gasteiger partial charge is 0.225 e. The Labute approximate surface area is 136 Å². The SMILES string of the molecule is CO[C@@H](C)CS(=O)(=O)NCCC(=O)Nc1ccc(C)cc1Cl. The van der Waals surface area contributed by atoms with Gasteiger partial charge in [-0.1, -0.05) is 17.7 Å². The molecule has 0 spiro atoms. The fourth-order valence-electron chi connectivity index (χ4n) is 1.69. The zero-order chi connectivity index (χ0) is 16.8. The predicted molar refractivity (Wildman–Crippen MR) is 87.7 cm³/mol. The number of carbonyl (C=O) groups excluding carboxylic acids is 1. The third-order valence-electron chi connectivity index (χ3n) is 2.93. The fraction of sp³-hybridized carbons (Fsp3) is 0.500. The van der Waals surface area contributed by atoms with Crippen molar-refractivity contribution in [2.45, 2.75) is 26.4 Å². The van der Waals surface area contributed by atoms with Crippen molar-refractivity contribution in [3.8, 4) is 0 Å². The van der Waals surface area contributed by atoms with Crippen LogP contribution in [-0.4, -0.2) is 39.8 Å². The van der Waals surface area contributed by atoms with E-state index in [1.165, 1.54) is 7.11 Å². The molecule has 0 bridgehead atoms. The van der Waals surface area contributed by atoms with Gasteiger partial charge in [0.25, 0.3) is 0 Å². The second-order valence-corrected chi connectivity index (χ2v) is 7.26. The van der Waals surface area contributed by atoms with Crippen LogP contribution in [0.5, 0.6) is 0 Å². The maximum Gasteiger partial charge on any atom is 0.225 e. The molecule has 2 N–H and O–H groups in total. The number of benzene rings is 1. The Hall–Kier alpha value is -1.15. The Morgan fingerprint density at radius 1 is 1.41 bits per heavy atom. The lowest BCUT2D eigenvalue weighted by Crippen LogP contribution is -2.33. The first-order valence-corrected chi connectivity index (χ1v) is 8.82. The first-order chi connectivity index (χ1) is 10.2. The average Bonchev–Trinajstić information content (AvgIpc) is 2.41. The highest BCUT2D eigenvalue weighted by atomic mass is 35.5. The van der Waals surface area contributed by atoms with Gasteiger partial charge in [-0.25, -0.2) is 13.1 Å². The molecule has 1 aromatic rings. The molecule has 0 radical (unpaired) electrons. The van der Waals surface area contributed by atoms with Crippen molar-refractivity contribution in [2.24, 2.45) is 0 Å². The predicted octanol–water partition coefficient (Wildman–Crippen LogP) is 1.93. The first-order valence-electron chi connectivity index (χ1n) is 6.79. The van der Waals surface area contributed by atoms with E-state index in [9.17, 15) is 13.2 Å². The van der Waals surface area contributed by atoms with Gasteiger partial charge in [0.2, 0.25) is 15.9 Å². The van der Waals surface area contributed by atoms with Crippen LogP contribution in [0.3, 0.4) is 0 Å². The Bertz CT molecular complexity index is 619. The number of carbonyl (C=O) groups is 1. The summed E-state index contributed by atoms with van der Waals surface area (Å²) >= 11 is 6.01. The van der Waals surface area contributed by atoms with Gasteiger partial charge in [-0.05, 0) is 31.5 Å². The summed E-state index contributed by atoms with van der Waals surface area (Å²) < 4.78 is 30.6. The molecule has 0 saturated carbocycles. The molecule has 1 rings (SSSR count). The van der Waals surface area contributed by atoms with E-state index in [0.29, 0.717) is 10.7 Å². The molecule has 0 aromatic heterocycles. The van der Waals surface area contributed by atoms with E-state index in [4.69, 9.17) is 16.3 Å². The van der Waals surface area contributed by atoms with Gasteiger partial charge in [0, 0.05) is 20.1 Å². The maximum absolute atomic E-state index is 11.8. The van der Waals surface area contributed by atoms with Crippen molar-refractivity contribution >= 4 is 33.2 Å². The molecule has 8 heteroatoms. The monoisotopic (exact) mass is 348 g/mol. The van der Waals surface area contributed by atoms with Gasteiger partial charge in [-0.3, -0.25) is 4.79 Å². The Kier molecular flexibility index (Phi) is 7.28. The third kappa shape index (κ3) is 6.74. The summed E-state index contributed by atoms with van der Waals surface area (Å²) in [6.07, 6.45) is -0.386.